The van der Waals surface area contributed by atoms with Crippen LogP contribution in [0.15, 0.2) is 21.7 Å². The molecule has 128 valence electrons. The van der Waals surface area contributed by atoms with Gasteiger partial charge in [0.1, 0.15) is 4.21 Å². The molecule has 0 spiro atoms. The Balaban J connectivity index is 0.00000192. The molecule has 2 aromatic heterocycles. The smallest absolute Gasteiger partial charge is 0.250 e. The zero-order valence-corrected chi connectivity index (χ0v) is 16.2. The van der Waals surface area contributed by atoms with Crippen molar-refractivity contribution in [3.05, 3.63) is 22.5 Å². The highest BCUT2D eigenvalue weighted by atomic mass is 35.5. The van der Waals surface area contributed by atoms with Crippen LogP contribution in [-0.2, 0) is 10.0 Å². The van der Waals surface area contributed by atoms with Crippen molar-refractivity contribution < 1.29 is 8.42 Å². The van der Waals surface area contributed by atoms with Gasteiger partial charge in [-0.15, -0.1) is 35.1 Å². The fraction of sp³-hybridized carbons (Fsp3) is 0.500. The Morgan fingerprint density at radius 3 is 2.83 bits per heavy atom. The van der Waals surface area contributed by atoms with E-state index in [1.807, 2.05) is 18.4 Å². The lowest BCUT2D eigenvalue weighted by Gasteiger charge is -2.29. The number of aromatic nitrogens is 1. The van der Waals surface area contributed by atoms with Gasteiger partial charge in [0.25, 0.3) is 0 Å². The van der Waals surface area contributed by atoms with Gasteiger partial charge in [0.15, 0.2) is 0 Å². The Hall–Kier alpha value is -0.510. The zero-order chi connectivity index (χ0) is 15.7. The molecule has 23 heavy (non-hydrogen) atoms. The predicted octanol–water partition coefficient (Wildman–Crippen LogP) is 2.88. The van der Waals surface area contributed by atoms with E-state index in [4.69, 9.17) is 0 Å². The van der Waals surface area contributed by atoms with Crippen molar-refractivity contribution >= 4 is 45.1 Å². The van der Waals surface area contributed by atoms with Gasteiger partial charge >= 0.3 is 0 Å². The van der Waals surface area contributed by atoms with E-state index in [1.165, 1.54) is 11.3 Å². The van der Waals surface area contributed by atoms with E-state index in [-0.39, 0.29) is 18.4 Å². The summed E-state index contributed by atoms with van der Waals surface area (Å²) in [7, 11) is -3.47. The summed E-state index contributed by atoms with van der Waals surface area (Å²) in [4.78, 5) is 5.30. The SMILES string of the molecule is Cc1nc(-c2ccc(S(=O)(=O)NC3CNCCC3C)s2)cs1.Cl. The van der Waals surface area contributed by atoms with E-state index in [9.17, 15) is 8.42 Å². The monoisotopic (exact) mass is 393 g/mol. The molecule has 1 aliphatic rings. The van der Waals surface area contributed by atoms with E-state index in [2.05, 4.69) is 21.9 Å². The van der Waals surface area contributed by atoms with Crippen LogP contribution < -0.4 is 10.0 Å². The van der Waals surface area contributed by atoms with Gasteiger partial charge < -0.3 is 5.32 Å². The van der Waals surface area contributed by atoms with Crippen molar-refractivity contribution in [2.24, 2.45) is 5.92 Å². The molecule has 2 aromatic rings. The summed E-state index contributed by atoms with van der Waals surface area (Å²) in [6.45, 7) is 5.67. The van der Waals surface area contributed by atoms with Crippen LogP contribution in [0.5, 0.6) is 0 Å². The van der Waals surface area contributed by atoms with Crippen LogP contribution in [0.3, 0.4) is 0 Å². The third kappa shape index (κ3) is 4.32. The third-order valence-electron chi connectivity index (χ3n) is 3.85. The van der Waals surface area contributed by atoms with Crippen LogP contribution in [-0.4, -0.2) is 32.5 Å². The maximum Gasteiger partial charge on any atom is 0.250 e. The molecule has 2 unspecified atom stereocenters. The number of aryl methyl sites for hydroxylation is 1. The van der Waals surface area contributed by atoms with Gasteiger partial charge in [-0.25, -0.2) is 18.1 Å². The molecule has 3 rings (SSSR count). The maximum atomic E-state index is 12.5. The highest BCUT2D eigenvalue weighted by Gasteiger charge is 2.27. The van der Waals surface area contributed by atoms with Crippen molar-refractivity contribution in [1.82, 2.24) is 15.0 Å². The highest BCUT2D eigenvalue weighted by molar-refractivity contribution is 7.91. The van der Waals surface area contributed by atoms with Crippen LogP contribution in [0.4, 0.5) is 0 Å². The summed E-state index contributed by atoms with van der Waals surface area (Å²) in [5, 5.41) is 6.18. The minimum atomic E-state index is -3.47. The molecule has 3 heterocycles. The lowest BCUT2D eigenvalue weighted by Crippen LogP contribution is -2.49. The van der Waals surface area contributed by atoms with Gasteiger partial charge in [-0.1, -0.05) is 6.92 Å². The quantitative estimate of drug-likeness (QED) is 0.837. The fourth-order valence-electron chi connectivity index (χ4n) is 2.48. The molecular formula is C14H20ClN3O2S3. The van der Waals surface area contributed by atoms with Crippen molar-refractivity contribution in [3.8, 4) is 10.6 Å². The van der Waals surface area contributed by atoms with Crippen molar-refractivity contribution in [2.75, 3.05) is 13.1 Å². The predicted molar refractivity (Wildman–Crippen MR) is 98.2 cm³/mol. The number of thiophene rings is 1. The van der Waals surface area contributed by atoms with E-state index in [0.717, 1.165) is 28.5 Å². The normalized spacial score (nSPS) is 21.8. The number of sulfonamides is 1. The molecule has 5 nitrogen and oxygen atoms in total. The summed E-state index contributed by atoms with van der Waals surface area (Å²) in [6, 6.07) is 3.44. The molecule has 0 radical (unpaired) electrons. The van der Waals surface area contributed by atoms with Crippen molar-refractivity contribution in [2.45, 2.75) is 30.5 Å². The number of thiazole rings is 1. The number of nitrogens with zero attached hydrogens (tertiary/aromatic N) is 1. The Morgan fingerprint density at radius 2 is 2.17 bits per heavy atom. The van der Waals surface area contributed by atoms with Crippen LogP contribution in [0.2, 0.25) is 0 Å². The van der Waals surface area contributed by atoms with Crippen molar-refractivity contribution in [3.63, 3.8) is 0 Å². The number of piperidine rings is 1. The lowest BCUT2D eigenvalue weighted by molar-refractivity contribution is 0.327. The molecule has 9 heteroatoms. The first kappa shape index (κ1) is 18.8. The highest BCUT2D eigenvalue weighted by Crippen LogP contribution is 2.31. The van der Waals surface area contributed by atoms with E-state index in [1.54, 1.807) is 17.4 Å². The summed E-state index contributed by atoms with van der Waals surface area (Å²) in [6.07, 6.45) is 0.987. The molecule has 0 saturated carbocycles. The number of hydrogen-bond acceptors (Lipinski definition) is 6. The molecule has 0 aliphatic carbocycles. The van der Waals surface area contributed by atoms with Crippen molar-refractivity contribution in [1.29, 1.82) is 0 Å². The Labute approximate surface area is 151 Å². The van der Waals surface area contributed by atoms with E-state index in [0.29, 0.717) is 16.7 Å². The summed E-state index contributed by atoms with van der Waals surface area (Å²) >= 11 is 2.84. The van der Waals surface area contributed by atoms with Gasteiger partial charge in [-0.2, -0.15) is 0 Å². The second-order valence-electron chi connectivity index (χ2n) is 5.57. The van der Waals surface area contributed by atoms with E-state index < -0.39 is 10.0 Å². The van der Waals surface area contributed by atoms with Gasteiger partial charge in [-0.05, 0) is 37.9 Å². The second kappa shape index (κ2) is 7.58. The standard InChI is InChI=1S/C14H19N3O2S3.ClH/c1-9-5-6-15-7-11(9)17-22(18,19)14-4-3-13(21-14)12-8-20-10(2)16-12;/h3-4,8-9,11,15,17H,5-7H2,1-2H3;1H. The largest absolute Gasteiger partial charge is 0.315 e. The van der Waals surface area contributed by atoms with Gasteiger partial charge in [0.05, 0.1) is 15.6 Å². The molecule has 0 aromatic carbocycles. The molecule has 2 atom stereocenters. The van der Waals surface area contributed by atoms with E-state index >= 15 is 0 Å². The lowest BCUT2D eigenvalue weighted by atomic mass is 9.96. The topological polar surface area (TPSA) is 71.1 Å². The number of hydrogen-bond donors (Lipinski definition) is 2. The van der Waals surface area contributed by atoms with Crippen LogP contribution in [0.1, 0.15) is 18.4 Å². The molecular weight excluding hydrogens is 374 g/mol. The Kier molecular flexibility index (Phi) is 6.21. The summed E-state index contributed by atoms with van der Waals surface area (Å²) < 4.78 is 28.3. The number of halogens is 1. The van der Waals surface area contributed by atoms with Gasteiger partial charge in [0, 0.05) is 18.0 Å². The number of nitrogens with one attached hydrogen (secondary N) is 2. The van der Waals surface area contributed by atoms with Crippen LogP contribution in [0.25, 0.3) is 10.6 Å². The summed E-state index contributed by atoms with van der Waals surface area (Å²) in [5.41, 5.74) is 0.849. The van der Waals surface area contributed by atoms with Gasteiger partial charge in [0.2, 0.25) is 10.0 Å². The number of rotatable bonds is 4. The third-order valence-corrected chi connectivity index (χ3v) is 7.71. The molecule has 1 fully saturated rings. The molecule has 0 amide bonds. The molecule has 0 bridgehead atoms. The van der Waals surface area contributed by atoms with Crippen LogP contribution in [0, 0.1) is 12.8 Å². The first-order valence-electron chi connectivity index (χ1n) is 7.21. The summed E-state index contributed by atoms with van der Waals surface area (Å²) in [5.74, 6) is 0.344. The maximum absolute atomic E-state index is 12.5. The Morgan fingerprint density at radius 1 is 1.39 bits per heavy atom. The fourth-order valence-corrected chi connectivity index (χ4v) is 5.80. The van der Waals surface area contributed by atoms with Gasteiger partial charge in [-0.3, -0.25) is 0 Å². The van der Waals surface area contributed by atoms with Crippen LogP contribution >= 0.6 is 35.1 Å². The molecule has 1 saturated heterocycles. The minimum Gasteiger partial charge on any atom is -0.315 e. The minimum absolute atomic E-state index is 0. The first-order valence-corrected chi connectivity index (χ1v) is 10.4. The molecule has 2 N–H and O–H groups in total. The average Bonchev–Trinajstić information content (AvgIpc) is 3.10. The molecule has 1 aliphatic heterocycles. The second-order valence-corrected chi connectivity index (χ2v) is 9.66. The first-order chi connectivity index (χ1) is 10.5. The Bertz CT molecular complexity index is 757. The zero-order valence-electron chi connectivity index (χ0n) is 12.9. The average molecular weight is 394 g/mol.